The number of ether oxygens (including phenoxy) is 1. The van der Waals surface area contributed by atoms with Crippen molar-refractivity contribution in [1.82, 2.24) is 5.32 Å². The third-order valence-corrected chi connectivity index (χ3v) is 3.71. The standard InChI is InChI=1S/C16H17BrN2O2/c1-21-15-9-5-4-8-14(15)19-16(20)11-18-10-12-6-2-3-7-13(12)17/h2-9,18H,10-11H2,1H3,(H,19,20). The molecule has 0 aliphatic carbocycles. The Kier molecular flexibility index (Phi) is 5.78. The molecule has 2 aromatic rings. The maximum atomic E-state index is 11.9. The number of nitrogens with one attached hydrogen (secondary N) is 2. The Morgan fingerprint density at radius 2 is 1.86 bits per heavy atom. The van der Waals surface area contributed by atoms with Gasteiger partial charge in [-0.15, -0.1) is 0 Å². The van der Waals surface area contributed by atoms with Gasteiger partial charge in [0.2, 0.25) is 5.91 Å². The summed E-state index contributed by atoms with van der Waals surface area (Å²) in [5.74, 6) is 0.545. The Balaban J connectivity index is 1.84. The third-order valence-electron chi connectivity index (χ3n) is 2.94. The van der Waals surface area contributed by atoms with Gasteiger partial charge >= 0.3 is 0 Å². The average Bonchev–Trinajstić information content (AvgIpc) is 2.50. The smallest absolute Gasteiger partial charge is 0.238 e. The number of amides is 1. The average molecular weight is 349 g/mol. The van der Waals surface area contributed by atoms with Crippen molar-refractivity contribution in [2.75, 3.05) is 19.0 Å². The second-order valence-corrected chi connectivity index (χ2v) is 5.30. The minimum atomic E-state index is -0.105. The summed E-state index contributed by atoms with van der Waals surface area (Å²) < 4.78 is 6.22. The lowest BCUT2D eigenvalue weighted by molar-refractivity contribution is -0.115. The van der Waals surface area contributed by atoms with Crippen molar-refractivity contribution in [2.45, 2.75) is 6.54 Å². The van der Waals surface area contributed by atoms with Crippen molar-refractivity contribution >= 4 is 27.5 Å². The lowest BCUT2D eigenvalue weighted by atomic mass is 10.2. The van der Waals surface area contributed by atoms with Crippen molar-refractivity contribution in [2.24, 2.45) is 0 Å². The van der Waals surface area contributed by atoms with Gasteiger partial charge < -0.3 is 15.4 Å². The fourth-order valence-electron chi connectivity index (χ4n) is 1.89. The molecule has 0 saturated heterocycles. The topological polar surface area (TPSA) is 50.4 Å². The van der Waals surface area contributed by atoms with Crippen LogP contribution in [0.2, 0.25) is 0 Å². The van der Waals surface area contributed by atoms with Gasteiger partial charge in [-0.1, -0.05) is 46.3 Å². The molecule has 0 aliphatic heterocycles. The fourth-order valence-corrected chi connectivity index (χ4v) is 2.32. The van der Waals surface area contributed by atoms with Crippen LogP contribution in [0.3, 0.4) is 0 Å². The zero-order chi connectivity index (χ0) is 15.1. The van der Waals surface area contributed by atoms with Crippen LogP contribution in [0.25, 0.3) is 0 Å². The van der Waals surface area contributed by atoms with Crippen LogP contribution >= 0.6 is 15.9 Å². The summed E-state index contributed by atoms with van der Waals surface area (Å²) in [6.07, 6.45) is 0. The largest absolute Gasteiger partial charge is 0.495 e. The molecule has 5 heteroatoms. The number of halogens is 1. The van der Waals surface area contributed by atoms with E-state index in [1.165, 1.54) is 0 Å². The minimum absolute atomic E-state index is 0.105. The number of carbonyl (C=O) groups excluding carboxylic acids is 1. The summed E-state index contributed by atoms with van der Waals surface area (Å²) in [6, 6.07) is 15.3. The molecule has 0 fully saturated rings. The second-order valence-electron chi connectivity index (χ2n) is 4.44. The third kappa shape index (κ3) is 4.58. The van der Waals surface area contributed by atoms with Gasteiger partial charge in [-0.2, -0.15) is 0 Å². The number of anilines is 1. The Hall–Kier alpha value is -1.85. The summed E-state index contributed by atoms with van der Waals surface area (Å²) in [5.41, 5.74) is 1.79. The summed E-state index contributed by atoms with van der Waals surface area (Å²) in [4.78, 5) is 11.9. The molecule has 110 valence electrons. The van der Waals surface area contributed by atoms with E-state index in [4.69, 9.17) is 4.74 Å². The predicted octanol–water partition coefficient (Wildman–Crippen LogP) is 3.19. The minimum Gasteiger partial charge on any atom is -0.495 e. The van der Waals surface area contributed by atoms with Crippen LogP contribution < -0.4 is 15.4 Å². The Morgan fingerprint density at radius 1 is 1.14 bits per heavy atom. The molecule has 1 amide bonds. The molecule has 2 aromatic carbocycles. The molecule has 0 saturated carbocycles. The zero-order valence-corrected chi connectivity index (χ0v) is 13.3. The van der Waals surface area contributed by atoms with Gasteiger partial charge in [-0.3, -0.25) is 4.79 Å². The quantitative estimate of drug-likeness (QED) is 0.842. The highest BCUT2D eigenvalue weighted by molar-refractivity contribution is 9.10. The van der Waals surface area contributed by atoms with Crippen molar-refractivity contribution in [1.29, 1.82) is 0 Å². The summed E-state index contributed by atoms with van der Waals surface area (Å²) in [7, 11) is 1.58. The van der Waals surface area contributed by atoms with Gasteiger partial charge in [-0.05, 0) is 23.8 Å². The summed E-state index contributed by atoms with van der Waals surface area (Å²) >= 11 is 3.48. The molecule has 4 nitrogen and oxygen atoms in total. The van der Waals surface area contributed by atoms with Crippen LogP contribution in [-0.4, -0.2) is 19.6 Å². The van der Waals surface area contributed by atoms with E-state index in [1.807, 2.05) is 48.5 Å². The van der Waals surface area contributed by atoms with Crippen LogP contribution in [0.15, 0.2) is 53.0 Å². The number of para-hydroxylation sites is 2. The molecule has 21 heavy (non-hydrogen) atoms. The number of carbonyl (C=O) groups is 1. The molecule has 0 unspecified atom stereocenters. The molecular formula is C16H17BrN2O2. The molecule has 0 radical (unpaired) electrons. The zero-order valence-electron chi connectivity index (χ0n) is 11.7. The highest BCUT2D eigenvalue weighted by Crippen LogP contribution is 2.22. The molecule has 0 atom stereocenters. The van der Waals surface area contributed by atoms with Crippen molar-refractivity contribution < 1.29 is 9.53 Å². The van der Waals surface area contributed by atoms with Crippen LogP contribution in [0.1, 0.15) is 5.56 Å². The lowest BCUT2D eigenvalue weighted by Crippen LogP contribution is -2.27. The summed E-state index contributed by atoms with van der Waals surface area (Å²) in [6.45, 7) is 0.861. The number of hydrogen-bond acceptors (Lipinski definition) is 3. The Morgan fingerprint density at radius 3 is 2.62 bits per heavy atom. The van der Waals surface area contributed by atoms with E-state index in [-0.39, 0.29) is 12.5 Å². The molecule has 2 rings (SSSR count). The van der Waals surface area contributed by atoms with Crippen molar-refractivity contribution in [3.05, 3.63) is 58.6 Å². The van der Waals surface area contributed by atoms with Crippen LogP contribution in [0.5, 0.6) is 5.75 Å². The highest BCUT2D eigenvalue weighted by Gasteiger charge is 2.06. The van der Waals surface area contributed by atoms with E-state index in [9.17, 15) is 4.79 Å². The first-order valence-electron chi connectivity index (χ1n) is 6.57. The number of hydrogen-bond donors (Lipinski definition) is 2. The van der Waals surface area contributed by atoms with Crippen LogP contribution in [0.4, 0.5) is 5.69 Å². The SMILES string of the molecule is COc1ccccc1NC(=O)CNCc1ccccc1Br. The van der Waals surface area contributed by atoms with Crippen LogP contribution in [-0.2, 0) is 11.3 Å². The predicted molar refractivity (Wildman–Crippen MR) is 87.5 cm³/mol. The number of rotatable bonds is 6. The van der Waals surface area contributed by atoms with E-state index in [1.54, 1.807) is 7.11 Å². The molecule has 0 spiro atoms. The first kappa shape index (κ1) is 15.5. The Labute approximate surface area is 132 Å². The van der Waals surface area contributed by atoms with Crippen molar-refractivity contribution in [3.63, 3.8) is 0 Å². The van der Waals surface area contributed by atoms with Gasteiger partial charge in [0, 0.05) is 11.0 Å². The molecule has 2 N–H and O–H groups in total. The number of benzene rings is 2. The maximum absolute atomic E-state index is 11.9. The maximum Gasteiger partial charge on any atom is 0.238 e. The van der Waals surface area contributed by atoms with Gasteiger partial charge in [0.25, 0.3) is 0 Å². The molecule has 0 aromatic heterocycles. The van der Waals surface area contributed by atoms with Gasteiger partial charge in [0.1, 0.15) is 5.75 Å². The lowest BCUT2D eigenvalue weighted by Gasteiger charge is -2.10. The van der Waals surface area contributed by atoms with E-state index < -0.39 is 0 Å². The van der Waals surface area contributed by atoms with E-state index in [2.05, 4.69) is 26.6 Å². The van der Waals surface area contributed by atoms with E-state index in [0.29, 0.717) is 18.0 Å². The summed E-state index contributed by atoms with van der Waals surface area (Å²) in [5, 5.41) is 5.94. The second kappa shape index (κ2) is 7.81. The molecular weight excluding hydrogens is 332 g/mol. The first-order valence-corrected chi connectivity index (χ1v) is 7.37. The monoisotopic (exact) mass is 348 g/mol. The van der Waals surface area contributed by atoms with Gasteiger partial charge in [0.15, 0.2) is 0 Å². The van der Waals surface area contributed by atoms with Gasteiger partial charge in [-0.25, -0.2) is 0 Å². The highest BCUT2D eigenvalue weighted by atomic mass is 79.9. The van der Waals surface area contributed by atoms with Crippen molar-refractivity contribution in [3.8, 4) is 5.75 Å². The van der Waals surface area contributed by atoms with E-state index >= 15 is 0 Å². The Bertz CT molecular complexity index is 617. The normalized spacial score (nSPS) is 10.2. The first-order chi connectivity index (χ1) is 10.2. The van der Waals surface area contributed by atoms with Crippen LogP contribution in [0, 0.1) is 0 Å². The van der Waals surface area contributed by atoms with Gasteiger partial charge in [0.05, 0.1) is 19.3 Å². The molecule has 0 heterocycles. The van der Waals surface area contributed by atoms with E-state index in [0.717, 1.165) is 10.0 Å². The fraction of sp³-hybridized carbons (Fsp3) is 0.188. The number of methoxy groups -OCH3 is 1. The molecule has 0 bridgehead atoms. The molecule has 0 aliphatic rings.